The number of hydrogen-bond acceptors (Lipinski definition) is 5. The van der Waals surface area contributed by atoms with Gasteiger partial charge in [0.05, 0.1) is 10.5 Å². The maximum absolute atomic E-state index is 12.5. The molecular formula is C27H21N3O5. The van der Waals surface area contributed by atoms with Gasteiger partial charge < -0.3 is 15.1 Å². The van der Waals surface area contributed by atoms with Gasteiger partial charge in [-0.05, 0) is 61.0 Å². The molecular weight excluding hydrogens is 446 g/mol. The molecule has 0 saturated heterocycles. The number of furan rings is 1. The van der Waals surface area contributed by atoms with Crippen LogP contribution in [0, 0.1) is 17.0 Å². The maximum Gasteiger partial charge on any atom is 0.280 e. The number of nitro groups is 1. The Labute approximate surface area is 201 Å². The minimum Gasteiger partial charge on any atom is -0.456 e. The topological polar surface area (TPSA) is 114 Å². The van der Waals surface area contributed by atoms with E-state index in [1.807, 2.05) is 19.1 Å². The normalized spacial score (nSPS) is 10.8. The first-order chi connectivity index (χ1) is 16.9. The minimum absolute atomic E-state index is 0.0653. The van der Waals surface area contributed by atoms with Gasteiger partial charge in [0.15, 0.2) is 0 Å². The van der Waals surface area contributed by atoms with Crippen LogP contribution in [0.1, 0.15) is 21.7 Å². The van der Waals surface area contributed by atoms with E-state index in [9.17, 15) is 19.7 Å². The second-order valence-corrected chi connectivity index (χ2v) is 7.65. The van der Waals surface area contributed by atoms with Crippen LogP contribution in [0.5, 0.6) is 0 Å². The number of nitrogens with one attached hydrogen (secondary N) is 2. The molecule has 0 fully saturated rings. The second kappa shape index (κ2) is 10.3. The van der Waals surface area contributed by atoms with Gasteiger partial charge >= 0.3 is 0 Å². The molecule has 35 heavy (non-hydrogen) atoms. The van der Waals surface area contributed by atoms with Crippen molar-refractivity contribution in [3.63, 3.8) is 0 Å². The summed E-state index contributed by atoms with van der Waals surface area (Å²) in [5.41, 5.74) is 2.77. The molecule has 4 aromatic rings. The first-order valence-electron chi connectivity index (χ1n) is 10.7. The molecule has 0 aliphatic rings. The van der Waals surface area contributed by atoms with Gasteiger partial charge in [-0.2, -0.15) is 0 Å². The number of rotatable bonds is 7. The Morgan fingerprint density at radius 1 is 0.886 bits per heavy atom. The van der Waals surface area contributed by atoms with Crippen molar-refractivity contribution in [1.82, 2.24) is 0 Å². The van der Waals surface area contributed by atoms with Crippen LogP contribution in [0.25, 0.3) is 17.4 Å². The standard InChI is InChI=1S/C27H21N3O5/c1-18-7-2-3-10-22(18)27(32)29-20-9-6-8-19(17-20)28-26(31)16-14-21-13-15-25(35-21)23-11-4-5-12-24(23)30(33)34/h2-17H,1H3,(H,28,31)(H,29,32)/b16-14+. The predicted octanol–water partition coefficient (Wildman–Crippen LogP) is 6.07. The second-order valence-electron chi connectivity index (χ2n) is 7.65. The van der Waals surface area contributed by atoms with Crippen LogP contribution in [0.15, 0.2) is 95.4 Å². The Hall–Kier alpha value is -4.98. The summed E-state index contributed by atoms with van der Waals surface area (Å²) in [7, 11) is 0. The summed E-state index contributed by atoms with van der Waals surface area (Å²) in [6.45, 7) is 1.86. The molecule has 2 amide bonds. The van der Waals surface area contributed by atoms with E-state index in [-0.39, 0.29) is 11.6 Å². The van der Waals surface area contributed by atoms with Crippen molar-refractivity contribution in [2.45, 2.75) is 6.92 Å². The quantitative estimate of drug-likeness (QED) is 0.195. The monoisotopic (exact) mass is 467 g/mol. The molecule has 0 atom stereocenters. The number of carbonyl (C=O) groups is 2. The molecule has 0 saturated carbocycles. The Bertz CT molecular complexity index is 1440. The van der Waals surface area contributed by atoms with Crippen molar-refractivity contribution in [3.05, 3.63) is 118 Å². The number of benzene rings is 3. The summed E-state index contributed by atoms with van der Waals surface area (Å²) >= 11 is 0. The molecule has 0 aliphatic carbocycles. The Kier molecular flexibility index (Phi) is 6.83. The van der Waals surface area contributed by atoms with Crippen LogP contribution in [-0.2, 0) is 4.79 Å². The van der Waals surface area contributed by atoms with E-state index in [1.165, 1.54) is 18.2 Å². The van der Waals surface area contributed by atoms with Gasteiger partial charge in [0, 0.05) is 29.1 Å². The highest BCUT2D eigenvalue weighted by molar-refractivity contribution is 6.06. The summed E-state index contributed by atoms with van der Waals surface area (Å²) in [5.74, 6) is 0.0526. The number of hydrogen-bond donors (Lipinski definition) is 2. The van der Waals surface area contributed by atoms with Gasteiger partial charge in [-0.3, -0.25) is 19.7 Å². The van der Waals surface area contributed by atoms with Crippen LogP contribution < -0.4 is 10.6 Å². The summed E-state index contributed by atoms with van der Waals surface area (Å²) in [5, 5.41) is 16.8. The van der Waals surface area contributed by atoms with E-state index < -0.39 is 10.8 Å². The highest BCUT2D eigenvalue weighted by Gasteiger charge is 2.16. The number of nitro benzene ring substituents is 1. The largest absolute Gasteiger partial charge is 0.456 e. The summed E-state index contributed by atoms with van der Waals surface area (Å²) in [6, 6.07) is 23.6. The summed E-state index contributed by atoms with van der Waals surface area (Å²) in [6.07, 6.45) is 2.76. The average molecular weight is 467 g/mol. The van der Waals surface area contributed by atoms with Crippen molar-refractivity contribution in [3.8, 4) is 11.3 Å². The predicted molar refractivity (Wildman–Crippen MR) is 134 cm³/mol. The van der Waals surface area contributed by atoms with Crippen LogP contribution in [0.4, 0.5) is 17.1 Å². The average Bonchev–Trinajstić information content (AvgIpc) is 3.32. The molecule has 1 aromatic heterocycles. The maximum atomic E-state index is 12.5. The lowest BCUT2D eigenvalue weighted by atomic mass is 10.1. The zero-order valence-corrected chi connectivity index (χ0v) is 18.7. The molecule has 0 unspecified atom stereocenters. The lowest BCUT2D eigenvalue weighted by molar-refractivity contribution is -0.384. The van der Waals surface area contributed by atoms with E-state index in [1.54, 1.807) is 66.7 Å². The SMILES string of the molecule is Cc1ccccc1C(=O)Nc1cccc(NC(=O)/C=C/c2ccc(-c3ccccc3[N+](=O)[O-])o2)c1. The van der Waals surface area contributed by atoms with Crippen molar-refractivity contribution in [2.24, 2.45) is 0 Å². The Balaban J connectivity index is 1.41. The first kappa shape index (κ1) is 23.2. The van der Waals surface area contributed by atoms with Crippen molar-refractivity contribution in [1.29, 1.82) is 0 Å². The Morgan fingerprint density at radius 3 is 2.37 bits per heavy atom. The number of carbonyl (C=O) groups excluding carboxylic acids is 2. The van der Waals surface area contributed by atoms with Gasteiger partial charge in [0.25, 0.3) is 11.6 Å². The molecule has 0 spiro atoms. The fourth-order valence-corrected chi connectivity index (χ4v) is 3.47. The number of para-hydroxylation sites is 1. The fraction of sp³-hybridized carbons (Fsp3) is 0.0370. The number of anilines is 2. The van der Waals surface area contributed by atoms with Gasteiger partial charge in [-0.15, -0.1) is 0 Å². The third kappa shape index (κ3) is 5.69. The molecule has 8 nitrogen and oxygen atoms in total. The highest BCUT2D eigenvalue weighted by Crippen LogP contribution is 2.31. The third-order valence-corrected chi connectivity index (χ3v) is 5.17. The van der Waals surface area contributed by atoms with Crippen molar-refractivity contribution < 1.29 is 18.9 Å². The zero-order valence-electron chi connectivity index (χ0n) is 18.7. The molecule has 0 bridgehead atoms. The van der Waals surface area contributed by atoms with Crippen LogP contribution in [-0.4, -0.2) is 16.7 Å². The molecule has 3 aromatic carbocycles. The molecule has 174 valence electrons. The highest BCUT2D eigenvalue weighted by atomic mass is 16.6. The molecule has 8 heteroatoms. The van der Waals surface area contributed by atoms with Gasteiger partial charge in [0.1, 0.15) is 11.5 Å². The van der Waals surface area contributed by atoms with E-state index in [4.69, 9.17) is 4.42 Å². The van der Waals surface area contributed by atoms with Gasteiger partial charge in [-0.25, -0.2) is 0 Å². The summed E-state index contributed by atoms with van der Waals surface area (Å²) < 4.78 is 5.66. The molecule has 0 radical (unpaired) electrons. The van der Waals surface area contributed by atoms with E-state index in [2.05, 4.69) is 10.6 Å². The minimum atomic E-state index is -0.474. The van der Waals surface area contributed by atoms with Crippen LogP contribution in [0.2, 0.25) is 0 Å². The smallest absolute Gasteiger partial charge is 0.280 e. The van der Waals surface area contributed by atoms with Crippen LogP contribution in [0.3, 0.4) is 0 Å². The van der Waals surface area contributed by atoms with E-state index in [0.29, 0.717) is 34.0 Å². The first-order valence-corrected chi connectivity index (χ1v) is 10.7. The van der Waals surface area contributed by atoms with E-state index >= 15 is 0 Å². The Morgan fingerprint density at radius 2 is 1.60 bits per heavy atom. The van der Waals surface area contributed by atoms with Crippen LogP contribution >= 0.6 is 0 Å². The molecule has 4 rings (SSSR count). The van der Waals surface area contributed by atoms with Crippen molar-refractivity contribution in [2.75, 3.05) is 10.6 Å². The van der Waals surface area contributed by atoms with Crippen molar-refractivity contribution >= 4 is 35.0 Å². The number of aryl methyl sites for hydroxylation is 1. The number of nitrogens with zero attached hydrogens (tertiary/aromatic N) is 1. The number of amides is 2. The zero-order chi connectivity index (χ0) is 24.8. The molecule has 0 aliphatic heterocycles. The van der Waals surface area contributed by atoms with Gasteiger partial charge in [-0.1, -0.05) is 36.4 Å². The summed E-state index contributed by atoms with van der Waals surface area (Å²) in [4.78, 5) is 35.7. The fourth-order valence-electron chi connectivity index (χ4n) is 3.47. The van der Waals surface area contributed by atoms with E-state index in [0.717, 1.165) is 5.56 Å². The van der Waals surface area contributed by atoms with Gasteiger partial charge in [0.2, 0.25) is 5.91 Å². The molecule has 2 N–H and O–H groups in total. The third-order valence-electron chi connectivity index (χ3n) is 5.17. The molecule has 1 heterocycles. The lowest BCUT2D eigenvalue weighted by Gasteiger charge is -2.09. The lowest BCUT2D eigenvalue weighted by Crippen LogP contribution is -2.14.